The maximum absolute atomic E-state index is 4.58. The van der Waals surface area contributed by atoms with Crippen molar-refractivity contribution in [3.05, 3.63) is 78.5 Å². The second-order valence-corrected chi connectivity index (χ2v) is 8.04. The van der Waals surface area contributed by atoms with Crippen LogP contribution in [-0.2, 0) is 0 Å². The van der Waals surface area contributed by atoms with Crippen LogP contribution in [0.15, 0.2) is 72.9 Å². The van der Waals surface area contributed by atoms with E-state index in [0.717, 1.165) is 23.4 Å². The molecule has 1 nitrogen and oxygen atoms in total. The van der Waals surface area contributed by atoms with E-state index < -0.39 is 0 Å². The van der Waals surface area contributed by atoms with Gasteiger partial charge in [-0.05, 0) is 65.8 Å². The maximum Gasteiger partial charge on any atom is 0.0708 e. The zero-order chi connectivity index (χ0) is 17.3. The Morgan fingerprint density at radius 2 is 1.46 bits per heavy atom. The van der Waals surface area contributed by atoms with Gasteiger partial charge in [-0.15, -0.1) is 0 Å². The van der Waals surface area contributed by atoms with Crippen molar-refractivity contribution >= 4 is 0 Å². The molecule has 0 spiro atoms. The van der Waals surface area contributed by atoms with Crippen molar-refractivity contribution in [2.24, 2.45) is 11.8 Å². The lowest BCUT2D eigenvalue weighted by Crippen LogP contribution is -2.29. The fourth-order valence-electron chi connectivity index (χ4n) is 5.11. The first-order chi connectivity index (χ1) is 12.9. The van der Waals surface area contributed by atoms with Crippen molar-refractivity contribution in [3.8, 4) is 22.4 Å². The maximum atomic E-state index is 4.58. The molecule has 26 heavy (non-hydrogen) atoms. The van der Waals surface area contributed by atoms with Gasteiger partial charge in [0.1, 0.15) is 0 Å². The molecule has 0 radical (unpaired) electrons. The zero-order valence-corrected chi connectivity index (χ0v) is 15.1. The smallest absolute Gasteiger partial charge is 0.0708 e. The minimum atomic E-state index is 0.776. The van der Waals surface area contributed by atoms with E-state index in [1.807, 2.05) is 6.20 Å². The molecule has 1 heterocycles. The highest BCUT2D eigenvalue weighted by molar-refractivity contribution is 5.70. The van der Waals surface area contributed by atoms with Crippen molar-refractivity contribution in [2.75, 3.05) is 0 Å². The minimum Gasteiger partial charge on any atom is -0.256 e. The molecular formula is C25H25N. The molecule has 3 fully saturated rings. The predicted molar refractivity (Wildman–Crippen MR) is 108 cm³/mol. The molecule has 0 amide bonds. The highest BCUT2D eigenvalue weighted by atomic mass is 14.7. The lowest BCUT2D eigenvalue weighted by Gasteiger charge is -2.42. The lowest BCUT2D eigenvalue weighted by atomic mass is 9.63. The second-order valence-electron chi connectivity index (χ2n) is 8.04. The Balaban J connectivity index is 1.48. The van der Waals surface area contributed by atoms with Crippen molar-refractivity contribution in [2.45, 2.75) is 38.0 Å². The molecule has 2 bridgehead atoms. The average Bonchev–Trinajstić information content (AvgIpc) is 2.75. The highest BCUT2D eigenvalue weighted by Gasteiger charge is 2.36. The largest absolute Gasteiger partial charge is 0.256 e. The predicted octanol–water partition coefficient (Wildman–Crippen LogP) is 6.71. The molecule has 0 saturated heterocycles. The van der Waals surface area contributed by atoms with Gasteiger partial charge >= 0.3 is 0 Å². The van der Waals surface area contributed by atoms with E-state index in [1.54, 1.807) is 5.56 Å². The molecule has 0 N–H and O–H groups in total. The number of nitrogens with zero attached hydrogens (tertiary/aromatic N) is 1. The van der Waals surface area contributed by atoms with Gasteiger partial charge in [-0.3, -0.25) is 4.98 Å². The Kier molecular flexibility index (Phi) is 4.09. The molecule has 1 atom stereocenters. The topological polar surface area (TPSA) is 12.9 Å². The van der Waals surface area contributed by atoms with Crippen molar-refractivity contribution in [1.82, 2.24) is 4.98 Å². The molecule has 1 aromatic heterocycles. The first kappa shape index (κ1) is 15.8. The summed E-state index contributed by atoms with van der Waals surface area (Å²) < 4.78 is 0. The summed E-state index contributed by atoms with van der Waals surface area (Å²) in [5.41, 5.74) is 6.36. The van der Waals surface area contributed by atoms with Crippen LogP contribution in [-0.4, -0.2) is 4.98 Å². The van der Waals surface area contributed by atoms with Crippen LogP contribution in [0.2, 0.25) is 0 Å². The Morgan fingerprint density at radius 1 is 0.692 bits per heavy atom. The molecular weight excluding hydrogens is 314 g/mol. The van der Waals surface area contributed by atoms with Crippen LogP contribution < -0.4 is 0 Å². The number of hydrogen-bond acceptors (Lipinski definition) is 1. The van der Waals surface area contributed by atoms with Crippen molar-refractivity contribution < 1.29 is 0 Å². The van der Waals surface area contributed by atoms with Gasteiger partial charge in [-0.2, -0.15) is 0 Å². The molecule has 2 aromatic carbocycles. The summed E-state index contributed by atoms with van der Waals surface area (Å²) in [6, 6.07) is 24.1. The van der Waals surface area contributed by atoms with Crippen LogP contribution in [0.1, 0.15) is 43.6 Å². The lowest BCUT2D eigenvalue weighted by molar-refractivity contribution is 0.145. The third-order valence-corrected chi connectivity index (χ3v) is 6.53. The number of aromatic nitrogens is 1. The fourth-order valence-corrected chi connectivity index (χ4v) is 5.11. The monoisotopic (exact) mass is 339 g/mol. The van der Waals surface area contributed by atoms with Gasteiger partial charge in [0.25, 0.3) is 0 Å². The van der Waals surface area contributed by atoms with Gasteiger partial charge in [0.2, 0.25) is 0 Å². The average molecular weight is 339 g/mol. The van der Waals surface area contributed by atoms with E-state index in [9.17, 15) is 0 Å². The molecule has 0 aliphatic heterocycles. The third-order valence-electron chi connectivity index (χ3n) is 6.53. The van der Waals surface area contributed by atoms with Gasteiger partial charge in [0.15, 0.2) is 0 Å². The first-order valence-corrected chi connectivity index (χ1v) is 9.98. The van der Waals surface area contributed by atoms with Gasteiger partial charge in [0.05, 0.1) is 5.69 Å². The van der Waals surface area contributed by atoms with Gasteiger partial charge in [-0.25, -0.2) is 0 Å². The highest BCUT2D eigenvalue weighted by Crippen LogP contribution is 2.49. The summed E-state index contributed by atoms with van der Waals surface area (Å²) in [5.74, 6) is 2.66. The summed E-state index contributed by atoms with van der Waals surface area (Å²) in [5, 5.41) is 0. The summed E-state index contributed by atoms with van der Waals surface area (Å²) >= 11 is 0. The summed E-state index contributed by atoms with van der Waals surface area (Å²) in [6.45, 7) is 0. The number of fused-ring (bicyclic) bond motifs is 3. The van der Waals surface area contributed by atoms with E-state index in [0.29, 0.717) is 0 Å². The van der Waals surface area contributed by atoms with E-state index in [1.165, 1.54) is 48.8 Å². The van der Waals surface area contributed by atoms with Crippen LogP contribution in [0.3, 0.4) is 0 Å². The van der Waals surface area contributed by atoms with Crippen molar-refractivity contribution in [1.29, 1.82) is 0 Å². The van der Waals surface area contributed by atoms with Crippen LogP contribution in [0.5, 0.6) is 0 Å². The normalized spacial score (nSPS) is 24.5. The van der Waals surface area contributed by atoms with Gasteiger partial charge in [-0.1, -0.05) is 67.4 Å². The minimum absolute atomic E-state index is 0.776. The molecule has 3 aliphatic rings. The number of pyridine rings is 1. The van der Waals surface area contributed by atoms with E-state index in [2.05, 4.69) is 71.7 Å². The number of benzene rings is 2. The van der Waals surface area contributed by atoms with Crippen LogP contribution in [0.4, 0.5) is 0 Å². The number of rotatable bonds is 3. The Hall–Kier alpha value is -2.41. The van der Waals surface area contributed by atoms with E-state index in [-0.39, 0.29) is 0 Å². The third kappa shape index (κ3) is 2.96. The van der Waals surface area contributed by atoms with Gasteiger partial charge in [0, 0.05) is 11.8 Å². The summed E-state index contributed by atoms with van der Waals surface area (Å²) in [6.07, 6.45) is 9.14. The first-order valence-electron chi connectivity index (χ1n) is 9.98. The molecule has 1 unspecified atom stereocenters. The Morgan fingerprint density at radius 3 is 2.23 bits per heavy atom. The second kappa shape index (κ2) is 6.72. The quantitative estimate of drug-likeness (QED) is 0.517. The van der Waals surface area contributed by atoms with Crippen LogP contribution >= 0.6 is 0 Å². The van der Waals surface area contributed by atoms with E-state index in [4.69, 9.17) is 0 Å². The van der Waals surface area contributed by atoms with Gasteiger partial charge < -0.3 is 0 Å². The molecule has 1 heteroatoms. The Bertz CT molecular complexity index is 891. The summed E-state index contributed by atoms with van der Waals surface area (Å²) in [7, 11) is 0. The van der Waals surface area contributed by atoms with E-state index >= 15 is 0 Å². The SMILES string of the molecule is c1ccc(-c2cc(-c3cccc(C4CC5CCC4CC5)c3)ccn2)cc1. The number of hydrogen-bond donors (Lipinski definition) is 0. The van der Waals surface area contributed by atoms with Crippen molar-refractivity contribution in [3.63, 3.8) is 0 Å². The van der Waals surface area contributed by atoms with Crippen LogP contribution in [0, 0.1) is 11.8 Å². The van der Waals surface area contributed by atoms with Crippen LogP contribution in [0.25, 0.3) is 22.4 Å². The zero-order valence-electron chi connectivity index (χ0n) is 15.1. The molecule has 3 aromatic rings. The molecule has 3 aliphatic carbocycles. The standard InChI is InChI=1S/C25H25N/c1-2-5-20(6-3-1)25-17-22(13-14-26-25)21-7-4-8-23(16-21)24-15-18-9-11-19(24)12-10-18/h1-8,13-14,16-19,24H,9-12,15H2. The molecule has 3 saturated carbocycles. The summed E-state index contributed by atoms with van der Waals surface area (Å²) in [4.78, 5) is 4.58. The fraction of sp³-hybridized carbons (Fsp3) is 0.320. The molecule has 6 rings (SSSR count). The molecule has 130 valence electrons. The Labute approximate surface area is 156 Å².